The minimum atomic E-state index is -1.01. The van der Waals surface area contributed by atoms with Gasteiger partial charge in [0, 0.05) is 32.3 Å². The number of carboxylic acid groups (broad SMARTS) is 1. The van der Waals surface area contributed by atoms with Crippen LogP contribution in [0.3, 0.4) is 0 Å². The molecule has 0 saturated carbocycles. The zero-order valence-electron chi connectivity index (χ0n) is 10.9. The second kappa shape index (κ2) is 3.76. The van der Waals surface area contributed by atoms with E-state index >= 15 is 0 Å². The smallest absolute Gasteiger partial charge is 0.354 e. The van der Waals surface area contributed by atoms with Gasteiger partial charge in [0.1, 0.15) is 0 Å². The molecule has 0 aliphatic carbocycles. The first-order valence-corrected chi connectivity index (χ1v) is 5.72. The van der Waals surface area contributed by atoms with Crippen LogP contribution in [0, 0.1) is 0 Å². The molecular formula is C12H17N3O3. The number of anilines is 2. The van der Waals surface area contributed by atoms with Crippen molar-refractivity contribution in [1.82, 2.24) is 4.57 Å². The summed E-state index contributed by atoms with van der Waals surface area (Å²) in [5.74, 6) is -1.10. The highest BCUT2D eigenvalue weighted by Gasteiger charge is 2.36. The molecule has 0 atom stereocenters. The number of hydrogen-bond donors (Lipinski definition) is 2. The molecule has 0 fully saturated rings. The Morgan fingerprint density at radius 2 is 2.06 bits per heavy atom. The highest BCUT2D eigenvalue weighted by atomic mass is 16.4. The SMILES string of the molecule is CC(=O)N1CC(C)(C)Nc2c1cn(C)c2C(=O)O. The molecule has 1 amide bonds. The third kappa shape index (κ3) is 1.83. The summed E-state index contributed by atoms with van der Waals surface area (Å²) < 4.78 is 1.53. The maximum Gasteiger partial charge on any atom is 0.354 e. The molecule has 1 aliphatic rings. The van der Waals surface area contributed by atoms with Crippen molar-refractivity contribution in [3.63, 3.8) is 0 Å². The van der Waals surface area contributed by atoms with Crippen molar-refractivity contribution in [2.24, 2.45) is 7.05 Å². The quantitative estimate of drug-likeness (QED) is 0.788. The van der Waals surface area contributed by atoms with Gasteiger partial charge in [-0.3, -0.25) is 4.79 Å². The van der Waals surface area contributed by atoms with E-state index in [2.05, 4.69) is 5.32 Å². The van der Waals surface area contributed by atoms with E-state index in [-0.39, 0.29) is 17.1 Å². The normalized spacial score (nSPS) is 17.0. The zero-order chi connectivity index (χ0) is 13.7. The van der Waals surface area contributed by atoms with Gasteiger partial charge in [-0.15, -0.1) is 0 Å². The number of aromatic carboxylic acids is 1. The summed E-state index contributed by atoms with van der Waals surface area (Å²) in [4.78, 5) is 24.6. The number of carbonyl (C=O) groups is 2. The number of aryl methyl sites for hydroxylation is 1. The Labute approximate surface area is 105 Å². The van der Waals surface area contributed by atoms with Crippen LogP contribution < -0.4 is 10.2 Å². The van der Waals surface area contributed by atoms with Crippen LogP contribution in [0.15, 0.2) is 6.20 Å². The molecule has 2 rings (SSSR count). The molecular weight excluding hydrogens is 234 g/mol. The lowest BCUT2D eigenvalue weighted by Gasteiger charge is -2.39. The number of amides is 1. The van der Waals surface area contributed by atoms with E-state index < -0.39 is 5.97 Å². The number of fused-ring (bicyclic) bond motifs is 1. The van der Waals surface area contributed by atoms with E-state index in [1.54, 1.807) is 18.1 Å². The first kappa shape index (κ1) is 12.5. The number of carbonyl (C=O) groups excluding carboxylic acids is 1. The van der Waals surface area contributed by atoms with E-state index in [1.807, 2.05) is 13.8 Å². The zero-order valence-corrected chi connectivity index (χ0v) is 10.9. The van der Waals surface area contributed by atoms with Crippen LogP contribution in [0.1, 0.15) is 31.3 Å². The minimum Gasteiger partial charge on any atom is -0.477 e. The molecule has 98 valence electrons. The Kier molecular flexibility index (Phi) is 2.61. The number of hydrogen-bond acceptors (Lipinski definition) is 3. The summed E-state index contributed by atoms with van der Waals surface area (Å²) in [6, 6.07) is 0. The van der Waals surface area contributed by atoms with Crippen molar-refractivity contribution >= 4 is 23.3 Å². The monoisotopic (exact) mass is 251 g/mol. The molecule has 18 heavy (non-hydrogen) atoms. The van der Waals surface area contributed by atoms with Gasteiger partial charge >= 0.3 is 5.97 Å². The Morgan fingerprint density at radius 1 is 1.44 bits per heavy atom. The Balaban J connectivity index is 2.63. The van der Waals surface area contributed by atoms with Crippen molar-refractivity contribution < 1.29 is 14.7 Å². The van der Waals surface area contributed by atoms with Crippen molar-refractivity contribution in [1.29, 1.82) is 0 Å². The fourth-order valence-electron chi connectivity index (χ4n) is 2.34. The van der Waals surface area contributed by atoms with Gasteiger partial charge in [0.2, 0.25) is 5.91 Å². The number of carboxylic acids is 1. The molecule has 0 bridgehead atoms. The molecule has 0 radical (unpaired) electrons. The number of rotatable bonds is 1. The summed E-state index contributed by atoms with van der Waals surface area (Å²) >= 11 is 0. The molecule has 0 aromatic carbocycles. The first-order chi connectivity index (χ1) is 8.23. The summed E-state index contributed by atoms with van der Waals surface area (Å²) in [6.45, 7) is 5.87. The van der Waals surface area contributed by atoms with E-state index in [9.17, 15) is 14.7 Å². The number of nitrogens with one attached hydrogen (secondary N) is 1. The number of aromatic nitrogens is 1. The molecule has 0 spiro atoms. The lowest BCUT2D eigenvalue weighted by Crippen LogP contribution is -2.50. The molecule has 6 nitrogen and oxygen atoms in total. The fraction of sp³-hybridized carbons (Fsp3) is 0.500. The van der Waals surface area contributed by atoms with Crippen LogP contribution in [0.5, 0.6) is 0 Å². The van der Waals surface area contributed by atoms with Gasteiger partial charge in [-0.2, -0.15) is 0 Å². The topological polar surface area (TPSA) is 74.6 Å². The van der Waals surface area contributed by atoms with Gasteiger partial charge in [0.05, 0.1) is 11.4 Å². The van der Waals surface area contributed by atoms with Crippen LogP contribution >= 0.6 is 0 Å². The third-order valence-corrected chi connectivity index (χ3v) is 3.05. The Morgan fingerprint density at radius 3 is 2.56 bits per heavy atom. The predicted octanol–water partition coefficient (Wildman–Crippen LogP) is 1.28. The summed E-state index contributed by atoms with van der Waals surface area (Å²) in [6.07, 6.45) is 1.67. The molecule has 0 unspecified atom stereocenters. The maximum absolute atomic E-state index is 11.7. The second-order valence-electron chi connectivity index (χ2n) is 5.27. The predicted molar refractivity (Wildman–Crippen MR) is 68.1 cm³/mol. The Bertz CT molecular complexity index is 531. The van der Waals surface area contributed by atoms with Crippen molar-refractivity contribution in [3.05, 3.63) is 11.9 Å². The summed E-state index contributed by atoms with van der Waals surface area (Å²) in [5, 5.41) is 12.4. The molecule has 1 aliphatic heterocycles. The van der Waals surface area contributed by atoms with Gasteiger partial charge < -0.3 is 19.9 Å². The van der Waals surface area contributed by atoms with Crippen LogP contribution in [0.4, 0.5) is 11.4 Å². The van der Waals surface area contributed by atoms with E-state index in [4.69, 9.17) is 0 Å². The standard InChI is InChI=1S/C12H17N3O3/c1-7(16)15-6-12(2,3)13-9-8(15)5-14(4)10(9)11(17)18/h5,13H,6H2,1-4H3,(H,17,18). The highest BCUT2D eigenvalue weighted by molar-refractivity contribution is 6.03. The first-order valence-electron chi connectivity index (χ1n) is 5.72. The summed E-state index contributed by atoms with van der Waals surface area (Å²) in [5.41, 5.74) is 0.951. The van der Waals surface area contributed by atoms with Crippen LogP contribution in [-0.4, -0.2) is 33.6 Å². The van der Waals surface area contributed by atoms with E-state index in [0.717, 1.165) is 0 Å². The van der Waals surface area contributed by atoms with E-state index in [0.29, 0.717) is 17.9 Å². The highest BCUT2D eigenvalue weighted by Crippen LogP contribution is 2.38. The molecule has 0 saturated heterocycles. The average Bonchev–Trinajstić information content (AvgIpc) is 2.50. The largest absolute Gasteiger partial charge is 0.477 e. The molecule has 2 N–H and O–H groups in total. The molecule has 1 aromatic heterocycles. The third-order valence-electron chi connectivity index (χ3n) is 3.05. The van der Waals surface area contributed by atoms with Crippen LogP contribution in [-0.2, 0) is 11.8 Å². The maximum atomic E-state index is 11.7. The van der Waals surface area contributed by atoms with Crippen molar-refractivity contribution in [2.45, 2.75) is 26.3 Å². The van der Waals surface area contributed by atoms with Crippen molar-refractivity contribution in [2.75, 3.05) is 16.8 Å². The molecule has 1 aromatic rings. The van der Waals surface area contributed by atoms with Gasteiger partial charge in [-0.1, -0.05) is 0 Å². The van der Waals surface area contributed by atoms with Gasteiger partial charge in [-0.05, 0) is 13.8 Å². The number of nitrogens with zero attached hydrogens (tertiary/aromatic N) is 2. The van der Waals surface area contributed by atoms with Crippen molar-refractivity contribution in [3.8, 4) is 0 Å². The van der Waals surface area contributed by atoms with E-state index in [1.165, 1.54) is 11.5 Å². The minimum absolute atomic E-state index is 0.0895. The average molecular weight is 251 g/mol. The van der Waals surface area contributed by atoms with Crippen LogP contribution in [0.2, 0.25) is 0 Å². The lowest BCUT2D eigenvalue weighted by atomic mass is 10.00. The Hall–Kier alpha value is -1.98. The van der Waals surface area contributed by atoms with Gasteiger partial charge in [0.15, 0.2) is 5.69 Å². The molecule has 2 heterocycles. The lowest BCUT2D eigenvalue weighted by molar-refractivity contribution is -0.116. The fourth-order valence-corrected chi connectivity index (χ4v) is 2.34. The van der Waals surface area contributed by atoms with Crippen LogP contribution in [0.25, 0.3) is 0 Å². The second-order valence-corrected chi connectivity index (χ2v) is 5.27. The summed E-state index contributed by atoms with van der Waals surface area (Å²) in [7, 11) is 1.66. The van der Waals surface area contributed by atoms with Gasteiger partial charge in [-0.25, -0.2) is 4.79 Å². The molecule has 6 heteroatoms. The van der Waals surface area contributed by atoms with Gasteiger partial charge in [0.25, 0.3) is 0 Å².